The Hall–Kier alpha value is -3.60. The Bertz CT molecular complexity index is 1180. The van der Waals surface area contributed by atoms with Gasteiger partial charge >= 0.3 is 0 Å². The van der Waals surface area contributed by atoms with Gasteiger partial charge in [0.05, 0.1) is 18.3 Å². The lowest BCUT2D eigenvalue weighted by Crippen LogP contribution is -2.11. The predicted octanol–water partition coefficient (Wildman–Crippen LogP) is 5.24. The maximum absolute atomic E-state index is 13.0. The van der Waals surface area contributed by atoms with Crippen LogP contribution in [0.1, 0.15) is 22.9 Å². The summed E-state index contributed by atoms with van der Waals surface area (Å²) in [6, 6.07) is 16.3. The van der Waals surface area contributed by atoms with Crippen molar-refractivity contribution >= 4 is 11.6 Å². The Morgan fingerprint density at radius 1 is 1.10 bits per heavy atom. The van der Waals surface area contributed by atoms with E-state index in [1.165, 1.54) is 12.1 Å². The average molecular weight is 386 g/mol. The Labute approximate surface area is 167 Å². The topological polar surface area (TPSA) is 35.8 Å². The van der Waals surface area contributed by atoms with Gasteiger partial charge in [0.2, 0.25) is 0 Å². The number of aromatic nitrogens is 2. The highest BCUT2D eigenvalue weighted by molar-refractivity contribution is 5.62. The molecule has 4 aromatic rings. The summed E-state index contributed by atoms with van der Waals surface area (Å²) in [4.78, 5) is 4.52. The minimum Gasteiger partial charge on any atom is -0.493 e. The molecule has 1 aliphatic heterocycles. The second-order valence-corrected chi connectivity index (χ2v) is 6.97. The molecule has 0 aliphatic carbocycles. The van der Waals surface area contributed by atoms with Crippen molar-refractivity contribution in [3.63, 3.8) is 0 Å². The summed E-state index contributed by atoms with van der Waals surface area (Å²) in [5.41, 5.74) is 3.93. The van der Waals surface area contributed by atoms with Crippen LogP contribution >= 0.6 is 0 Å². The summed E-state index contributed by atoms with van der Waals surface area (Å²) in [7, 11) is 0. The van der Waals surface area contributed by atoms with Gasteiger partial charge in [-0.15, -0.1) is 0 Å². The zero-order valence-electron chi connectivity index (χ0n) is 15.7. The molecule has 5 heteroatoms. The van der Waals surface area contributed by atoms with E-state index < -0.39 is 0 Å². The summed E-state index contributed by atoms with van der Waals surface area (Å²) in [6.45, 7) is 0.526. The number of hydrogen-bond acceptors (Lipinski definition) is 3. The van der Waals surface area contributed by atoms with Crippen LogP contribution in [-0.4, -0.2) is 16.0 Å². The highest BCUT2D eigenvalue weighted by Crippen LogP contribution is 2.34. The third kappa shape index (κ3) is 3.72. The number of ether oxygens (including phenoxy) is 2. The van der Waals surface area contributed by atoms with Crippen molar-refractivity contribution in [2.75, 3.05) is 6.61 Å². The number of nitrogens with zero attached hydrogens (tertiary/aromatic N) is 2. The smallest absolute Gasteiger partial charge is 0.161 e. The van der Waals surface area contributed by atoms with Gasteiger partial charge in [0, 0.05) is 24.4 Å². The molecule has 5 rings (SSSR count). The van der Waals surface area contributed by atoms with Gasteiger partial charge in [0.15, 0.2) is 6.10 Å². The molecule has 2 aromatic carbocycles. The molecule has 0 amide bonds. The van der Waals surface area contributed by atoms with Gasteiger partial charge < -0.3 is 13.9 Å². The fraction of sp³-hybridized carbons (Fsp3) is 0.125. The fourth-order valence-corrected chi connectivity index (χ4v) is 3.41. The van der Waals surface area contributed by atoms with Crippen LogP contribution in [0.15, 0.2) is 79.3 Å². The first-order valence-corrected chi connectivity index (χ1v) is 9.53. The second kappa shape index (κ2) is 7.43. The molecular formula is C24H19FN2O2. The van der Waals surface area contributed by atoms with Gasteiger partial charge in [-0.05, 0) is 54.1 Å². The van der Waals surface area contributed by atoms with Crippen molar-refractivity contribution in [3.8, 4) is 11.5 Å². The zero-order chi connectivity index (χ0) is 19.6. The molecule has 2 aromatic heterocycles. The van der Waals surface area contributed by atoms with E-state index in [4.69, 9.17) is 9.47 Å². The van der Waals surface area contributed by atoms with Crippen LogP contribution in [-0.2, 0) is 6.42 Å². The van der Waals surface area contributed by atoms with Gasteiger partial charge in [0.25, 0.3) is 0 Å². The van der Waals surface area contributed by atoms with Crippen molar-refractivity contribution in [3.05, 3.63) is 102 Å². The van der Waals surface area contributed by atoms with Gasteiger partial charge in [-0.25, -0.2) is 4.39 Å². The standard InChI is InChI=1S/C24H19FN2O2/c25-19-6-3-17(4-7-19)11-13-28-21-8-10-23-18(14-21)5-9-24(29-23)22-16-27-12-1-2-20(27)15-26-22/h1-10,12,14-16,24H,11,13H2. The lowest BCUT2D eigenvalue weighted by atomic mass is 10.1. The monoisotopic (exact) mass is 386 g/mol. The van der Waals surface area contributed by atoms with E-state index in [1.54, 1.807) is 12.1 Å². The van der Waals surface area contributed by atoms with E-state index in [1.807, 2.05) is 65.5 Å². The van der Waals surface area contributed by atoms with Crippen LogP contribution < -0.4 is 9.47 Å². The molecular weight excluding hydrogens is 367 g/mol. The predicted molar refractivity (Wildman–Crippen MR) is 110 cm³/mol. The second-order valence-electron chi connectivity index (χ2n) is 6.97. The highest BCUT2D eigenvalue weighted by Gasteiger charge is 2.18. The van der Waals surface area contributed by atoms with Crippen molar-refractivity contribution in [1.29, 1.82) is 0 Å². The normalized spacial score (nSPS) is 15.1. The van der Waals surface area contributed by atoms with E-state index in [0.717, 1.165) is 40.3 Å². The number of fused-ring (bicyclic) bond motifs is 2. The summed E-state index contributed by atoms with van der Waals surface area (Å²) >= 11 is 0. The molecule has 0 spiro atoms. The van der Waals surface area contributed by atoms with Gasteiger partial charge in [-0.3, -0.25) is 4.98 Å². The Morgan fingerprint density at radius 3 is 2.90 bits per heavy atom. The van der Waals surface area contributed by atoms with Crippen molar-refractivity contribution in [2.45, 2.75) is 12.5 Å². The lowest BCUT2D eigenvalue weighted by molar-refractivity contribution is 0.245. The summed E-state index contributed by atoms with van der Waals surface area (Å²) in [5.74, 6) is 1.36. The van der Waals surface area contributed by atoms with Crippen molar-refractivity contribution in [1.82, 2.24) is 9.38 Å². The van der Waals surface area contributed by atoms with Crippen LogP contribution in [0.5, 0.6) is 11.5 Å². The molecule has 0 saturated carbocycles. The van der Waals surface area contributed by atoms with E-state index in [-0.39, 0.29) is 11.9 Å². The minimum absolute atomic E-state index is 0.223. The molecule has 1 atom stereocenters. The summed E-state index contributed by atoms with van der Waals surface area (Å²) < 4.78 is 27.0. The zero-order valence-corrected chi connectivity index (χ0v) is 15.7. The van der Waals surface area contributed by atoms with E-state index >= 15 is 0 Å². The number of benzene rings is 2. The molecule has 0 radical (unpaired) electrons. The molecule has 0 saturated heterocycles. The Morgan fingerprint density at radius 2 is 2.00 bits per heavy atom. The van der Waals surface area contributed by atoms with Crippen LogP contribution in [0.25, 0.3) is 11.6 Å². The number of rotatable bonds is 5. The fourth-order valence-electron chi connectivity index (χ4n) is 3.41. The van der Waals surface area contributed by atoms with E-state index in [9.17, 15) is 4.39 Å². The van der Waals surface area contributed by atoms with Crippen LogP contribution in [0.2, 0.25) is 0 Å². The summed E-state index contributed by atoms with van der Waals surface area (Å²) in [5, 5.41) is 0. The molecule has 0 fully saturated rings. The molecule has 1 aliphatic rings. The third-order valence-electron chi connectivity index (χ3n) is 4.98. The molecule has 0 bridgehead atoms. The quantitative estimate of drug-likeness (QED) is 0.470. The first-order valence-electron chi connectivity index (χ1n) is 9.53. The van der Waals surface area contributed by atoms with Crippen LogP contribution in [0, 0.1) is 5.82 Å². The van der Waals surface area contributed by atoms with Gasteiger partial charge in [0.1, 0.15) is 23.0 Å². The molecule has 0 N–H and O–H groups in total. The van der Waals surface area contributed by atoms with E-state index in [2.05, 4.69) is 4.98 Å². The Balaban J connectivity index is 1.25. The molecule has 3 heterocycles. The maximum atomic E-state index is 13.0. The number of hydrogen-bond donors (Lipinski definition) is 0. The Kier molecular flexibility index (Phi) is 4.48. The first kappa shape index (κ1) is 17.5. The largest absolute Gasteiger partial charge is 0.493 e. The van der Waals surface area contributed by atoms with E-state index in [0.29, 0.717) is 6.61 Å². The SMILES string of the molecule is Fc1ccc(CCOc2ccc3c(c2)C=CC(c2cn4cccc4cn2)O3)cc1. The van der Waals surface area contributed by atoms with Gasteiger partial charge in [-0.2, -0.15) is 0 Å². The minimum atomic E-state index is -0.224. The van der Waals surface area contributed by atoms with Crippen molar-refractivity contribution in [2.24, 2.45) is 0 Å². The van der Waals surface area contributed by atoms with Crippen LogP contribution in [0.4, 0.5) is 4.39 Å². The van der Waals surface area contributed by atoms with Crippen molar-refractivity contribution < 1.29 is 13.9 Å². The molecule has 4 nitrogen and oxygen atoms in total. The maximum Gasteiger partial charge on any atom is 0.161 e. The average Bonchev–Trinajstić information content (AvgIpc) is 3.23. The third-order valence-corrected chi connectivity index (χ3v) is 4.98. The number of halogens is 1. The van der Waals surface area contributed by atoms with Gasteiger partial charge in [-0.1, -0.05) is 18.2 Å². The first-order chi connectivity index (χ1) is 14.2. The lowest BCUT2D eigenvalue weighted by Gasteiger charge is -2.21. The molecule has 29 heavy (non-hydrogen) atoms. The molecule has 144 valence electrons. The highest BCUT2D eigenvalue weighted by atomic mass is 19.1. The summed E-state index contributed by atoms with van der Waals surface area (Å²) in [6.07, 6.45) is 10.4. The van der Waals surface area contributed by atoms with Crippen LogP contribution in [0.3, 0.4) is 0 Å². The molecule has 1 unspecified atom stereocenters.